The highest BCUT2D eigenvalue weighted by atomic mass is 14.6. The van der Waals surface area contributed by atoms with E-state index in [0.717, 1.165) is 24.2 Å². The lowest BCUT2D eigenvalue weighted by molar-refractivity contribution is 0.119. The van der Waals surface area contributed by atoms with E-state index >= 15 is 0 Å². The molecule has 122 valence electrons. The van der Waals surface area contributed by atoms with Gasteiger partial charge >= 0.3 is 0 Å². The summed E-state index contributed by atoms with van der Waals surface area (Å²) in [4.78, 5) is 0. The van der Waals surface area contributed by atoms with Crippen LogP contribution in [0.4, 0.5) is 0 Å². The van der Waals surface area contributed by atoms with Crippen LogP contribution in [0.25, 0.3) is 5.57 Å². The Morgan fingerprint density at radius 1 is 1.26 bits per heavy atom. The summed E-state index contributed by atoms with van der Waals surface area (Å²) in [7, 11) is 0. The summed E-state index contributed by atoms with van der Waals surface area (Å²) in [6.07, 6.45) is 10.00. The molecule has 1 aromatic carbocycles. The van der Waals surface area contributed by atoms with Crippen LogP contribution in [0.1, 0.15) is 62.6 Å². The lowest BCUT2D eigenvalue weighted by atomic mass is 9.56. The largest absolute Gasteiger partial charge is 0.103 e. The van der Waals surface area contributed by atoms with E-state index in [4.69, 9.17) is 0 Å². The van der Waals surface area contributed by atoms with Crippen molar-refractivity contribution >= 4 is 5.57 Å². The maximum absolute atomic E-state index is 4.06. The molecule has 0 bridgehead atoms. The zero-order valence-electron chi connectivity index (χ0n) is 15.0. The Labute approximate surface area is 141 Å². The van der Waals surface area contributed by atoms with Crippen LogP contribution in [0, 0.1) is 30.1 Å². The molecule has 0 N–H and O–H groups in total. The third kappa shape index (κ3) is 2.17. The molecule has 23 heavy (non-hydrogen) atoms. The van der Waals surface area contributed by atoms with Crippen molar-refractivity contribution < 1.29 is 0 Å². The van der Waals surface area contributed by atoms with Crippen LogP contribution in [-0.2, 0) is 6.42 Å². The Morgan fingerprint density at radius 2 is 2.09 bits per heavy atom. The fourth-order valence-corrected chi connectivity index (χ4v) is 6.03. The van der Waals surface area contributed by atoms with Gasteiger partial charge in [0.05, 0.1) is 0 Å². The normalized spacial score (nSPS) is 35.5. The summed E-state index contributed by atoms with van der Waals surface area (Å²) in [5.41, 5.74) is 8.51. The molecule has 0 saturated heterocycles. The molecule has 0 aliphatic heterocycles. The fourth-order valence-electron chi connectivity index (χ4n) is 6.03. The van der Waals surface area contributed by atoms with E-state index in [1.54, 1.807) is 22.3 Å². The maximum atomic E-state index is 4.06. The van der Waals surface area contributed by atoms with Gasteiger partial charge in [-0.3, -0.25) is 0 Å². The van der Waals surface area contributed by atoms with Crippen molar-refractivity contribution in [3.63, 3.8) is 0 Å². The third-order valence-corrected chi connectivity index (χ3v) is 7.38. The molecule has 4 rings (SSSR count). The minimum Gasteiger partial charge on any atom is -0.103 e. The molecule has 0 heteroatoms. The molecule has 1 aromatic rings. The Bertz CT molecular complexity index is 677. The van der Waals surface area contributed by atoms with Crippen LogP contribution in [0.5, 0.6) is 0 Å². The van der Waals surface area contributed by atoms with Gasteiger partial charge in [0.1, 0.15) is 0 Å². The molecule has 0 aromatic heterocycles. The van der Waals surface area contributed by atoms with Gasteiger partial charge in [0, 0.05) is 0 Å². The van der Waals surface area contributed by atoms with E-state index in [-0.39, 0.29) is 0 Å². The van der Waals surface area contributed by atoms with Crippen molar-refractivity contribution in [3.8, 4) is 0 Å². The van der Waals surface area contributed by atoms with Crippen molar-refractivity contribution in [2.75, 3.05) is 0 Å². The second-order valence-electron chi connectivity index (χ2n) is 8.58. The summed E-state index contributed by atoms with van der Waals surface area (Å²) < 4.78 is 0. The summed E-state index contributed by atoms with van der Waals surface area (Å²) in [6, 6.07) is 7.15. The third-order valence-electron chi connectivity index (χ3n) is 7.38. The van der Waals surface area contributed by atoms with Gasteiger partial charge in [-0.05, 0) is 85.3 Å². The zero-order valence-corrected chi connectivity index (χ0v) is 15.0. The first kappa shape index (κ1) is 15.2. The van der Waals surface area contributed by atoms with E-state index in [9.17, 15) is 0 Å². The first-order valence-corrected chi connectivity index (χ1v) is 9.47. The highest BCUT2D eigenvalue weighted by molar-refractivity contribution is 5.76. The highest BCUT2D eigenvalue weighted by Gasteiger charge is 2.52. The standard InChI is InChI=1S/C23H30/c1-5-6-18-14-23(4)16(3)8-12-21(23)20-11-9-17-13-15(2)7-10-19(17)22(18)20/h5,7,10,13,16,20-21H,1,6,8-9,11-12,14H2,2-4H3/t16-,20?,21?,23+/m0/s1. The monoisotopic (exact) mass is 306 g/mol. The van der Waals surface area contributed by atoms with Crippen molar-refractivity contribution in [1.82, 2.24) is 0 Å². The lowest BCUT2D eigenvalue weighted by Gasteiger charge is -2.48. The van der Waals surface area contributed by atoms with Crippen LogP contribution in [0.2, 0.25) is 0 Å². The van der Waals surface area contributed by atoms with Crippen molar-refractivity contribution in [2.45, 2.75) is 59.3 Å². The topological polar surface area (TPSA) is 0 Å². The summed E-state index contributed by atoms with van der Waals surface area (Å²) in [5, 5.41) is 0. The lowest BCUT2D eigenvalue weighted by Crippen LogP contribution is -2.39. The van der Waals surface area contributed by atoms with Gasteiger partial charge in [-0.25, -0.2) is 0 Å². The predicted molar refractivity (Wildman–Crippen MR) is 99.3 cm³/mol. The maximum Gasteiger partial charge on any atom is -0.0119 e. The van der Waals surface area contributed by atoms with Crippen LogP contribution in [-0.4, -0.2) is 0 Å². The summed E-state index contributed by atoms with van der Waals surface area (Å²) in [5.74, 6) is 2.56. The highest BCUT2D eigenvalue weighted by Crippen LogP contribution is 2.62. The molecule has 0 spiro atoms. The molecule has 1 saturated carbocycles. The average Bonchev–Trinajstić information content (AvgIpc) is 2.82. The van der Waals surface area contributed by atoms with E-state index in [1.165, 1.54) is 37.7 Å². The van der Waals surface area contributed by atoms with Crippen LogP contribution in [0.3, 0.4) is 0 Å². The number of allylic oxidation sites excluding steroid dienone is 3. The summed E-state index contributed by atoms with van der Waals surface area (Å²) >= 11 is 0. The Balaban J connectivity index is 1.89. The van der Waals surface area contributed by atoms with Crippen molar-refractivity contribution in [1.29, 1.82) is 0 Å². The molecule has 0 radical (unpaired) electrons. The van der Waals surface area contributed by atoms with Gasteiger partial charge in [-0.2, -0.15) is 0 Å². The predicted octanol–water partition coefficient (Wildman–Crippen LogP) is 6.34. The molecule has 0 heterocycles. The molecule has 3 aliphatic carbocycles. The van der Waals surface area contributed by atoms with Crippen LogP contribution in [0.15, 0.2) is 36.4 Å². The molecular weight excluding hydrogens is 276 g/mol. The molecule has 2 unspecified atom stereocenters. The minimum absolute atomic E-state index is 0.523. The minimum atomic E-state index is 0.523. The number of benzene rings is 1. The first-order valence-electron chi connectivity index (χ1n) is 9.47. The van der Waals surface area contributed by atoms with E-state index in [0.29, 0.717) is 5.41 Å². The van der Waals surface area contributed by atoms with Crippen molar-refractivity contribution in [3.05, 3.63) is 53.1 Å². The number of rotatable bonds is 2. The second-order valence-corrected chi connectivity index (χ2v) is 8.58. The molecular formula is C23H30. The smallest absolute Gasteiger partial charge is 0.0119 e. The quantitative estimate of drug-likeness (QED) is 0.559. The Hall–Kier alpha value is -1.30. The van der Waals surface area contributed by atoms with E-state index < -0.39 is 0 Å². The number of aryl methyl sites for hydroxylation is 2. The zero-order chi connectivity index (χ0) is 16.2. The van der Waals surface area contributed by atoms with Gasteiger partial charge in [0.15, 0.2) is 0 Å². The molecule has 1 fully saturated rings. The van der Waals surface area contributed by atoms with Gasteiger partial charge in [0.2, 0.25) is 0 Å². The van der Waals surface area contributed by atoms with E-state index in [1.807, 2.05) is 0 Å². The fraction of sp³-hybridized carbons (Fsp3) is 0.565. The van der Waals surface area contributed by atoms with Crippen molar-refractivity contribution in [2.24, 2.45) is 23.2 Å². The second kappa shape index (κ2) is 5.36. The SMILES string of the molecule is C=CCC1=C2c3ccc(C)cc3CCC2C2CC[C@H](C)[C@@]2(C)C1. The van der Waals surface area contributed by atoms with Gasteiger partial charge in [0.25, 0.3) is 0 Å². The Kier molecular flexibility index (Phi) is 3.55. The number of hydrogen-bond acceptors (Lipinski definition) is 0. The first-order chi connectivity index (χ1) is 11.0. The van der Waals surface area contributed by atoms with Gasteiger partial charge in [-0.15, -0.1) is 6.58 Å². The number of hydrogen-bond donors (Lipinski definition) is 0. The van der Waals surface area contributed by atoms with Gasteiger partial charge < -0.3 is 0 Å². The molecule has 0 nitrogen and oxygen atoms in total. The number of fused-ring (bicyclic) bond motifs is 5. The molecule has 4 atom stereocenters. The molecule has 0 amide bonds. The average molecular weight is 306 g/mol. The van der Waals surface area contributed by atoms with Gasteiger partial charge in [-0.1, -0.05) is 49.3 Å². The van der Waals surface area contributed by atoms with Crippen LogP contribution < -0.4 is 0 Å². The Morgan fingerprint density at radius 3 is 2.87 bits per heavy atom. The molecule has 3 aliphatic rings. The van der Waals surface area contributed by atoms with Crippen LogP contribution >= 0.6 is 0 Å². The summed E-state index contributed by atoms with van der Waals surface area (Å²) in [6.45, 7) is 11.4. The van der Waals surface area contributed by atoms with E-state index in [2.05, 4.69) is 51.6 Å².